The molecule has 2 aromatic heterocycles. The number of aryl methyl sites for hydroxylation is 2. The molecular weight excluding hydrogens is 238 g/mol. The van der Waals surface area contributed by atoms with Crippen LogP contribution in [0.25, 0.3) is 5.65 Å². The molecule has 0 aliphatic carbocycles. The lowest BCUT2D eigenvalue weighted by Crippen LogP contribution is -2.08. The third-order valence-corrected chi connectivity index (χ3v) is 3.46. The van der Waals surface area contributed by atoms with Crippen LogP contribution in [0, 0.1) is 25.2 Å². The van der Waals surface area contributed by atoms with E-state index in [0.717, 1.165) is 11.3 Å². The minimum atomic E-state index is -1.36. The standard InChI is InChI=1S/C10H11N5OS/c1-5-6(2)14-15-8(12)7(4-11)10(17(3)16)13-9(5)15/h12H2,1-3H3. The Bertz CT molecular complexity index is 682. The zero-order valence-electron chi connectivity index (χ0n) is 9.68. The van der Waals surface area contributed by atoms with E-state index >= 15 is 0 Å². The van der Waals surface area contributed by atoms with Crippen molar-refractivity contribution in [2.24, 2.45) is 0 Å². The third-order valence-electron chi connectivity index (χ3n) is 2.62. The molecule has 0 amide bonds. The van der Waals surface area contributed by atoms with E-state index < -0.39 is 10.8 Å². The van der Waals surface area contributed by atoms with Gasteiger partial charge in [-0.3, -0.25) is 4.21 Å². The van der Waals surface area contributed by atoms with Crippen molar-refractivity contribution in [3.63, 3.8) is 0 Å². The van der Waals surface area contributed by atoms with Gasteiger partial charge in [-0.15, -0.1) is 0 Å². The summed E-state index contributed by atoms with van der Waals surface area (Å²) < 4.78 is 13.0. The number of aromatic nitrogens is 3. The molecule has 0 saturated carbocycles. The number of anilines is 1. The molecule has 0 aliphatic heterocycles. The number of hydrogen-bond donors (Lipinski definition) is 1. The first-order chi connectivity index (χ1) is 7.97. The van der Waals surface area contributed by atoms with Gasteiger partial charge in [-0.2, -0.15) is 14.9 Å². The van der Waals surface area contributed by atoms with Gasteiger partial charge in [0.1, 0.15) is 17.5 Å². The zero-order valence-corrected chi connectivity index (χ0v) is 10.5. The third kappa shape index (κ3) is 1.57. The van der Waals surface area contributed by atoms with Gasteiger partial charge in [0.15, 0.2) is 10.7 Å². The van der Waals surface area contributed by atoms with Crippen LogP contribution in [0.1, 0.15) is 16.8 Å². The summed E-state index contributed by atoms with van der Waals surface area (Å²) in [6.07, 6.45) is 1.47. The van der Waals surface area contributed by atoms with Gasteiger partial charge >= 0.3 is 0 Å². The summed E-state index contributed by atoms with van der Waals surface area (Å²) in [6.45, 7) is 3.69. The van der Waals surface area contributed by atoms with Crippen LogP contribution in [0.15, 0.2) is 5.03 Å². The van der Waals surface area contributed by atoms with E-state index in [9.17, 15) is 4.21 Å². The summed E-state index contributed by atoms with van der Waals surface area (Å²) in [5.41, 5.74) is 8.18. The van der Waals surface area contributed by atoms with Crippen LogP contribution in [-0.2, 0) is 10.8 Å². The molecule has 0 aromatic carbocycles. The Labute approximate surface area is 101 Å². The average molecular weight is 249 g/mol. The fraction of sp³-hybridized carbons (Fsp3) is 0.300. The van der Waals surface area contributed by atoms with Gasteiger partial charge in [0.2, 0.25) is 0 Å². The van der Waals surface area contributed by atoms with E-state index in [0.29, 0.717) is 5.65 Å². The van der Waals surface area contributed by atoms with E-state index in [1.165, 1.54) is 10.8 Å². The maximum absolute atomic E-state index is 11.6. The van der Waals surface area contributed by atoms with E-state index in [2.05, 4.69) is 10.1 Å². The second-order valence-corrected chi connectivity index (χ2v) is 4.98. The number of nitriles is 1. The summed E-state index contributed by atoms with van der Waals surface area (Å²) in [6, 6.07) is 1.92. The van der Waals surface area contributed by atoms with Gasteiger partial charge in [0.25, 0.3) is 0 Å². The molecule has 0 spiro atoms. The molecule has 17 heavy (non-hydrogen) atoms. The van der Waals surface area contributed by atoms with Crippen molar-refractivity contribution >= 4 is 22.3 Å². The number of fused-ring (bicyclic) bond motifs is 1. The Morgan fingerprint density at radius 3 is 2.65 bits per heavy atom. The second kappa shape index (κ2) is 3.82. The lowest BCUT2D eigenvalue weighted by Gasteiger charge is -2.05. The molecule has 2 N–H and O–H groups in total. The average Bonchev–Trinajstić information content (AvgIpc) is 2.56. The SMILES string of the molecule is Cc1nn2c(N)c(C#N)c(S(C)=O)nc2c1C. The van der Waals surface area contributed by atoms with Gasteiger partial charge in [-0.05, 0) is 13.8 Å². The van der Waals surface area contributed by atoms with Crippen molar-refractivity contribution in [3.05, 3.63) is 16.8 Å². The molecule has 88 valence electrons. The van der Waals surface area contributed by atoms with Crippen LogP contribution in [0.5, 0.6) is 0 Å². The Morgan fingerprint density at radius 2 is 2.12 bits per heavy atom. The van der Waals surface area contributed by atoms with Crippen LogP contribution in [0.3, 0.4) is 0 Å². The lowest BCUT2D eigenvalue weighted by molar-refractivity contribution is 0.683. The smallest absolute Gasteiger partial charge is 0.161 e. The molecule has 7 heteroatoms. The van der Waals surface area contributed by atoms with Crippen molar-refractivity contribution in [1.29, 1.82) is 5.26 Å². The Morgan fingerprint density at radius 1 is 1.47 bits per heavy atom. The largest absolute Gasteiger partial charge is 0.382 e. The van der Waals surface area contributed by atoms with Crippen molar-refractivity contribution in [2.75, 3.05) is 12.0 Å². The first kappa shape index (κ1) is 11.5. The number of hydrogen-bond acceptors (Lipinski definition) is 5. The van der Waals surface area contributed by atoms with Gasteiger partial charge in [0, 0.05) is 11.8 Å². The molecule has 1 atom stereocenters. The number of nitrogens with zero attached hydrogens (tertiary/aromatic N) is 4. The van der Waals surface area contributed by atoms with Crippen LogP contribution in [0.2, 0.25) is 0 Å². The van der Waals surface area contributed by atoms with E-state index in [1.54, 1.807) is 0 Å². The summed E-state index contributed by atoms with van der Waals surface area (Å²) in [5, 5.41) is 13.4. The van der Waals surface area contributed by atoms with Crippen LogP contribution < -0.4 is 5.73 Å². The first-order valence-corrected chi connectivity index (χ1v) is 6.42. The van der Waals surface area contributed by atoms with Crippen LogP contribution in [-0.4, -0.2) is 25.1 Å². The highest BCUT2D eigenvalue weighted by Gasteiger charge is 2.18. The predicted molar refractivity (Wildman–Crippen MR) is 63.9 cm³/mol. The van der Waals surface area contributed by atoms with Crippen LogP contribution in [0.4, 0.5) is 5.82 Å². The van der Waals surface area contributed by atoms with Crippen LogP contribution >= 0.6 is 0 Å². The molecule has 2 aromatic rings. The lowest BCUT2D eigenvalue weighted by atomic mass is 10.3. The summed E-state index contributed by atoms with van der Waals surface area (Å²) in [5.74, 6) is 0.180. The highest BCUT2D eigenvalue weighted by atomic mass is 32.2. The number of nitrogens with two attached hydrogens (primary N) is 1. The van der Waals surface area contributed by atoms with Crippen molar-refractivity contribution in [3.8, 4) is 6.07 Å². The summed E-state index contributed by atoms with van der Waals surface area (Å²) >= 11 is 0. The van der Waals surface area contributed by atoms with Crippen molar-refractivity contribution in [1.82, 2.24) is 14.6 Å². The Balaban J connectivity index is 2.99. The topological polar surface area (TPSA) is 97.1 Å². The maximum atomic E-state index is 11.6. The van der Waals surface area contributed by atoms with Gasteiger partial charge in [-0.1, -0.05) is 0 Å². The van der Waals surface area contributed by atoms with Crippen molar-refractivity contribution in [2.45, 2.75) is 18.9 Å². The molecule has 2 heterocycles. The Hall–Kier alpha value is -1.94. The fourth-order valence-corrected chi connectivity index (χ4v) is 2.23. The molecule has 0 radical (unpaired) electrons. The Kier molecular flexibility index (Phi) is 2.59. The minimum absolute atomic E-state index is 0.126. The van der Waals surface area contributed by atoms with E-state index in [1.807, 2.05) is 19.9 Å². The second-order valence-electron chi connectivity index (χ2n) is 3.69. The fourth-order valence-electron chi connectivity index (χ4n) is 1.57. The summed E-state index contributed by atoms with van der Waals surface area (Å²) in [7, 11) is -1.36. The van der Waals surface area contributed by atoms with Gasteiger partial charge in [0.05, 0.1) is 16.5 Å². The first-order valence-electron chi connectivity index (χ1n) is 4.86. The molecular formula is C10H11N5OS. The molecule has 1 unspecified atom stereocenters. The number of nitrogen functional groups attached to an aromatic ring is 1. The highest BCUT2D eigenvalue weighted by molar-refractivity contribution is 7.84. The quantitative estimate of drug-likeness (QED) is 0.744. The molecule has 2 rings (SSSR count). The predicted octanol–water partition coefficient (Wildman–Crippen LogP) is 0.537. The highest BCUT2D eigenvalue weighted by Crippen LogP contribution is 2.22. The molecule has 0 aliphatic rings. The maximum Gasteiger partial charge on any atom is 0.161 e. The van der Waals surface area contributed by atoms with E-state index in [-0.39, 0.29) is 16.4 Å². The van der Waals surface area contributed by atoms with E-state index in [4.69, 9.17) is 11.0 Å². The minimum Gasteiger partial charge on any atom is -0.382 e. The molecule has 0 saturated heterocycles. The molecule has 6 nitrogen and oxygen atoms in total. The normalized spacial score (nSPS) is 12.6. The summed E-state index contributed by atoms with van der Waals surface area (Å²) in [4.78, 5) is 4.22. The van der Waals surface area contributed by atoms with Gasteiger partial charge < -0.3 is 5.73 Å². The zero-order chi connectivity index (χ0) is 12.7. The molecule has 0 bridgehead atoms. The number of rotatable bonds is 1. The monoisotopic (exact) mass is 249 g/mol. The van der Waals surface area contributed by atoms with Gasteiger partial charge in [-0.25, -0.2) is 4.98 Å². The molecule has 0 fully saturated rings. The van der Waals surface area contributed by atoms with Crippen molar-refractivity contribution < 1.29 is 4.21 Å².